The molecule has 6 atom stereocenters. The molecule has 0 aromatic heterocycles. The van der Waals surface area contributed by atoms with Crippen molar-refractivity contribution in [2.45, 2.75) is 63.7 Å². The predicted molar refractivity (Wildman–Crippen MR) is 120 cm³/mol. The third-order valence-electron chi connectivity index (χ3n) is 8.27. The van der Waals surface area contributed by atoms with Crippen LogP contribution < -0.4 is 5.73 Å². The zero-order chi connectivity index (χ0) is 22.7. The van der Waals surface area contributed by atoms with Gasteiger partial charge in [-0.2, -0.15) is 5.26 Å². The maximum Gasteiger partial charge on any atom is 0.262 e. The van der Waals surface area contributed by atoms with Gasteiger partial charge in [0, 0.05) is 19.1 Å². The van der Waals surface area contributed by atoms with Crippen molar-refractivity contribution in [1.29, 1.82) is 5.26 Å². The predicted octanol–water partition coefficient (Wildman–Crippen LogP) is 2.71. The van der Waals surface area contributed by atoms with Crippen LogP contribution in [0.25, 0.3) is 0 Å². The van der Waals surface area contributed by atoms with Gasteiger partial charge in [-0.15, -0.1) is 0 Å². The molecule has 1 aromatic rings. The van der Waals surface area contributed by atoms with Crippen LogP contribution in [0.4, 0.5) is 0 Å². The number of nitrogens with zero attached hydrogens (tertiary/aromatic N) is 3. The van der Waals surface area contributed by atoms with Crippen molar-refractivity contribution in [2.75, 3.05) is 20.3 Å². The highest BCUT2D eigenvalue weighted by Crippen LogP contribution is 2.63. The number of amides is 1. The van der Waals surface area contributed by atoms with Gasteiger partial charge < -0.3 is 15.2 Å². The Morgan fingerprint density at radius 1 is 1.34 bits per heavy atom. The van der Waals surface area contributed by atoms with Crippen LogP contribution in [0.2, 0.25) is 0 Å². The summed E-state index contributed by atoms with van der Waals surface area (Å²) in [6.07, 6.45) is 4.47. The number of benzene rings is 1. The molecule has 1 amide bonds. The summed E-state index contributed by atoms with van der Waals surface area (Å²) >= 11 is 0. The number of rotatable bonds is 3. The maximum atomic E-state index is 14.3. The number of nitriles is 1. The Hall–Kier alpha value is -2.43. The molecule has 5 rings (SSSR count). The summed E-state index contributed by atoms with van der Waals surface area (Å²) in [6.45, 7) is 5.57. The zero-order valence-corrected chi connectivity index (χ0v) is 19.1. The van der Waals surface area contributed by atoms with Crippen LogP contribution in [0.1, 0.15) is 56.2 Å². The lowest BCUT2D eigenvalue weighted by Gasteiger charge is -2.50. The SMILES string of the molecule is CO[C@H]1[C@H](C)C[C@@]2(Cc3ccc(C#N)cc3C23N=C(N)N(C[C@H]2CCCO2)C3=O)C[C@@H]1C. The Balaban J connectivity index is 1.63. The van der Waals surface area contributed by atoms with E-state index in [1.165, 1.54) is 0 Å². The van der Waals surface area contributed by atoms with E-state index in [-0.39, 0.29) is 41.3 Å². The number of aliphatic imine (C=N–C) groups is 1. The number of fused-ring (bicyclic) bond motifs is 3. The second-order valence-electron chi connectivity index (χ2n) is 10.2. The quantitative estimate of drug-likeness (QED) is 0.785. The molecule has 2 fully saturated rings. The fraction of sp³-hybridized carbons (Fsp3) is 0.640. The lowest BCUT2D eigenvalue weighted by molar-refractivity contribution is -0.143. The molecule has 2 spiro atoms. The highest BCUT2D eigenvalue weighted by molar-refractivity contribution is 6.08. The number of hydrogen-bond acceptors (Lipinski definition) is 6. The van der Waals surface area contributed by atoms with E-state index in [0.717, 1.165) is 49.8 Å². The first kappa shape index (κ1) is 21.4. The van der Waals surface area contributed by atoms with Gasteiger partial charge in [0.2, 0.25) is 0 Å². The van der Waals surface area contributed by atoms with E-state index in [4.69, 9.17) is 20.2 Å². The summed E-state index contributed by atoms with van der Waals surface area (Å²) < 4.78 is 11.6. The van der Waals surface area contributed by atoms with Crippen molar-refractivity contribution in [2.24, 2.45) is 28.0 Å². The average Bonchev–Trinajstić information content (AvgIpc) is 3.42. The van der Waals surface area contributed by atoms with E-state index < -0.39 is 5.54 Å². The molecule has 7 nitrogen and oxygen atoms in total. The molecule has 4 aliphatic rings. The molecule has 0 radical (unpaired) electrons. The van der Waals surface area contributed by atoms with Gasteiger partial charge in [0.1, 0.15) is 0 Å². The third kappa shape index (κ3) is 2.85. The van der Waals surface area contributed by atoms with E-state index in [0.29, 0.717) is 12.1 Å². The fourth-order valence-electron chi connectivity index (χ4n) is 7.20. The average molecular weight is 437 g/mol. The maximum absolute atomic E-state index is 14.3. The Morgan fingerprint density at radius 2 is 2.09 bits per heavy atom. The minimum atomic E-state index is -1.08. The number of guanidine groups is 1. The molecule has 170 valence electrons. The van der Waals surface area contributed by atoms with Crippen molar-refractivity contribution in [3.63, 3.8) is 0 Å². The molecule has 2 N–H and O–H groups in total. The van der Waals surface area contributed by atoms with Crippen molar-refractivity contribution in [1.82, 2.24) is 4.90 Å². The molecular weight excluding hydrogens is 404 g/mol. The van der Waals surface area contributed by atoms with E-state index in [1.807, 2.05) is 18.2 Å². The molecule has 7 heteroatoms. The molecule has 1 saturated carbocycles. The topological polar surface area (TPSA) is 101 Å². The minimum absolute atomic E-state index is 0.00723. The summed E-state index contributed by atoms with van der Waals surface area (Å²) in [6, 6.07) is 7.95. The molecule has 2 aliphatic heterocycles. The monoisotopic (exact) mass is 436 g/mol. The lowest BCUT2D eigenvalue weighted by atomic mass is 9.56. The summed E-state index contributed by atoms with van der Waals surface area (Å²) in [5, 5.41) is 9.57. The van der Waals surface area contributed by atoms with E-state index in [1.54, 1.807) is 12.0 Å². The van der Waals surface area contributed by atoms with Gasteiger partial charge in [0.25, 0.3) is 5.91 Å². The zero-order valence-electron chi connectivity index (χ0n) is 19.1. The van der Waals surface area contributed by atoms with Gasteiger partial charge in [0.05, 0.1) is 30.4 Å². The number of carbonyl (C=O) groups is 1. The normalized spacial score (nSPS) is 38.4. The van der Waals surface area contributed by atoms with Crippen molar-refractivity contribution < 1.29 is 14.3 Å². The molecule has 1 aromatic carbocycles. The number of nitrogens with two attached hydrogens (primary N) is 1. The second-order valence-corrected chi connectivity index (χ2v) is 10.2. The lowest BCUT2D eigenvalue weighted by Crippen LogP contribution is -2.56. The van der Waals surface area contributed by atoms with Gasteiger partial charge in [0.15, 0.2) is 11.5 Å². The van der Waals surface area contributed by atoms with Crippen LogP contribution in [0, 0.1) is 28.6 Å². The van der Waals surface area contributed by atoms with Gasteiger partial charge in [-0.3, -0.25) is 9.69 Å². The number of methoxy groups -OCH3 is 1. The summed E-state index contributed by atoms with van der Waals surface area (Å²) in [4.78, 5) is 20.9. The number of carbonyl (C=O) groups excluding carboxylic acids is 1. The first-order valence-electron chi connectivity index (χ1n) is 11.7. The van der Waals surface area contributed by atoms with Crippen molar-refractivity contribution in [3.05, 3.63) is 34.9 Å². The van der Waals surface area contributed by atoms with Gasteiger partial charge in [-0.05, 0) is 67.2 Å². The Morgan fingerprint density at radius 3 is 2.72 bits per heavy atom. The molecular formula is C25H32N4O3. The van der Waals surface area contributed by atoms with Crippen LogP contribution in [-0.4, -0.2) is 49.2 Å². The molecule has 2 aliphatic carbocycles. The summed E-state index contributed by atoms with van der Waals surface area (Å²) in [7, 11) is 1.77. The Bertz CT molecular complexity index is 997. The van der Waals surface area contributed by atoms with Gasteiger partial charge in [-0.1, -0.05) is 19.9 Å². The molecule has 1 unspecified atom stereocenters. The van der Waals surface area contributed by atoms with E-state index in [9.17, 15) is 10.1 Å². The number of hydrogen-bond donors (Lipinski definition) is 1. The van der Waals surface area contributed by atoms with Crippen LogP contribution in [-0.2, 0) is 26.2 Å². The fourth-order valence-corrected chi connectivity index (χ4v) is 7.20. The standard InChI is InChI=1S/C25H32N4O3/c1-15-10-24(11-16(2)21(15)31-3)12-18-7-6-17(13-26)9-20(18)25(24)22(30)29(23(27)28-25)14-19-5-4-8-32-19/h6-7,9,15-16,19,21H,4-5,8,10-12,14H2,1-3H3,(H2,27,28)/t15-,16+,19-,21+,24+,25?/m1/s1. The molecule has 0 bridgehead atoms. The van der Waals surface area contributed by atoms with Crippen LogP contribution >= 0.6 is 0 Å². The van der Waals surface area contributed by atoms with E-state index >= 15 is 0 Å². The van der Waals surface area contributed by atoms with Crippen LogP contribution in [0.3, 0.4) is 0 Å². The summed E-state index contributed by atoms with van der Waals surface area (Å²) in [5.74, 6) is 0.771. The third-order valence-corrected chi connectivity index (χ3v) is 8.27. The highest BCUT2D eigenvalue weighted by atomic mass is 16.5. The Labute approximate surface area is 189 Å². The highest BCUT2D eigenvalue weighted by Gasteiger charge is 2.68. The summed E-state index contributed by atoms with van der Waals surface area (Å²) in [5.41, 5.74) is 7.49. The van der Waals surface area contributed by atoms with Crippen LogP contribution in [0.5, 0.6) is 0 Å². The second kappa shape index (κ2) is 7.57. The number of ether oxygens (including phenoxy) is 2. The first-order valence-corrected chi connectivity index (χ1v) is 11.7. The largest absolute Gasteiger partial charge is 0.381 e. The Kier molecular flexibility index (Phi) is 5.06. The smallest absolute Gasteiger partial charge is 0.262 e. The van der Waals surface area contributed by atoms with Crippen molar-refractivity contribution in [3.8, 4) is 6.07 Å². The first-order chi connectivity index (χ1) is 15.3. The minimum Gasteiger partial charge on any atom is -0.381 e. The molecule has 2 heterocycles. The molecule has 1 saturated heterocycles. The molecule has 32 heavy (non-hydrogen) atoms. The van der Waals surface area contributed by atoms with E-state index in [2.05, 4.69) is 19.9 Å². The van der Waals surface area contributed by atoms with Gasteiger partial charge in [-0.25, -0.2) is 4.99 Å². The van der Waals surface area contributed by atoms with Crippen molar-refractivity contribution >= 4 is 11.9 Å². The van der Waals surface area contributed by atoms with Crippen LogP contribution in [0.15, 0.2) is 23.2 Å². The van der Waals surface area contributed by atoms with Gasteiger partial charge >= 0.3 is 0 Å².